The maximum absolute atomic E-state index is 11.8. The lowest BCUT2D eigenvalue weighted by Crippen LogP contribution is -2.41. The van der Waals surface area contributed by atoms with Gasteiger partial charge in [-0.05, 0) is 25.0 Å². The molecule has 1 fully saturated rings. The van der Waals surface area contributed by atoms with Crippen molar-refractivity contribution < 1.29 is 9.59 Å². The van der Waals surface area contributed by atoms with Crippen LogP contribution in [-0.4, -0.2) is 24.8 Å². The Balaban J connectivity index is 1.84. The highest BCUT2D eigenvalue weighted by atomic mass is 16.2. The van der Waals surface area contributed by atoms with Crippen LogP contribution in [0.1, 0.15) is 12.8 Å². The number of benzene rings is 1. The fourth-order valence-corrected chi connectivity index (χ4v) is 2.17. The van der Waals surface area contributed by atoms with E-state index in [4.69, 9.17) is 0 Å². The van der Waals surface area contributed by atoms with E-state index in [1.165, 1.54) is 0 Å². The molecule has 1 aliphatic carbocycles. The first-order chi connectivity index (χ1) is 8.24. The molecular formula is C13H14N2O2. The van der Waals surface area contributed by atoms with E-state index >= 15 is 0 Å². The molecule has 1 amide bonds. The monoisotopic (exact) mass is 230 g/mol. The van der Waals surface area contributed by atoms with E-state index in [2.05, 4.69) is 5.32 Å². The summed E-state index contributed by atoms with van der Waals surface area (Å²) in [6, 6.07) is 7.60. The number of carbonyl (C=O) groups is 2. The Labute approximate surface area is 99.6 Å². The highest BCUT2D eigenvalue weighted by Crippen LogP contribution is 2.33. The number of para-hydroxylation sites is 2. The van der Waals surface area contributed by atoms with Crippen molar-refractivity contribution in [3.8, 4) is 0 Å². The van der Waals surface area contributed by atoms with Gasteiger partial charge in [-0.1, -0.05) is 12.1 Å². The minimum atomic E-state index is -0.0488. The molecule has 88 valence electrons. The summed E-state index contributed by atoms with van der Waals surface area (Å²) >= 11 is 0. The molecule has 0 atom stereocenters. The second-order valence-electron chi connectivity index (χ2n) is 4.66. The van der Waals surface area contributed by atoms with Crippen molar-refractivity contribution >= 4 is 23.1 Å². The average molecular weight is 230 g/mol. The SMILES string of the molecule is O=C1CN(CC(=O)C2CC2)c2ccccc2N1. The molecule has 2 aliphatic rings. The first-order valence-corrected chi connectivity index (χ1v) is 5.90. The highest BCUT2D eigenvalue weighted by molar-refractivity contribution is 6.02. The molecule has 0 bridgehead atoms. The molecule has 1 aromatic carbocycles. The van der Waals surface area contributed by atoms with Gasteiger partial charge in [0, 0.05) is 5.92 Å². The third-order valence-electron chi connectivity index (χ3n) is 3.23. The zero-order valence-electron chi connectivity index (χ0n) is 9.48. The number of ketones is 1. The number of anilines is 2. The van der Waals surface area contributed by atoms with E-state index in [0.717, 1.165) is 24.2 Å². The molecular weight excluding hydrogens is 216 g/mol. The van der Waals surface area contributed by atoms with Gasteiger partial charge in [0.25, 0.3) is 0 Å². The van der Waals surface area contributed by atoms with Crippen LogP contribution >= 0.6 is 0 Å². The Morgan fingerprint density at radius 2 is 2.12 bits per heavy atom. The van der Waals surface area contributed by atoms with Crippen LogP contribution in [0.15, 0.2) is 24.3 Å². The highest BCUT2D eigenvalue weighted by Gasteiger charge is 2.32. The van der Waals surface area contributed by atoms with Crippen molar-refractivity contribution in [3.05, 3.63) is 24.3 Å². The number of nitrogens with zero attached hydrogens (tertiary/aromatic N) is 1. The van der Waals surface area contributed by atoms with Gasteiger partial charge in [-0.15, -0.1) is 0 Å². The minimum Gasteiger partial charge on any atom is -0.353 e. The summed E-state index contributed by atoms with van der Waals surface area (Å²) in [5.41, 5.74) is 1.74. The van der Waals surface area contributed by atoms with Crippen LogP contribution in [0.5, 0.6) is 0 Å². The molecule has 3 rings (SSSR count). The molecule has 1 N–H and O–H groups in total. The van der Waals surface area contributed by atoms with Crippen LogP contribution < -0.4 is 10.2 Å². The van der Waals surface area contributed by atoms with Crippen LogP contribution in [0.25, 0.3) is 0 Å². The summed E-state index contributed by atoms with van der Waals surface area (Å²) in [6.45, 7) is 0.630. The quantitative estimate of drug-likeness (QED) is 0.854. The first kappa shape index (κ1) is 10.3. The van der Waals surface area contributed by atoms with Crippen molar-refractivity contribution in [2.75, 3.05) is 23.3 Å². The molecule has 4 heteroatoms. The molecule has 1 saturated carbocycles. The predicted octanol–water partition coefficient (Wildman–Crippen LogP) is 1.42. The average Bonchev–Trinajstić information content (AvgIpc) is 3.12. The molecule has 0 aromatic heterocycles. The molecule has 1 heterocycles. The topological polar surface area (TPSA) is 49.4 Å². The molecule has 0 saturated heterocycles. The summed E-state index contributed by atoms with van der Waals surface area (Å²) in [5, 5.41) is 2.82. The standard InChI is InChI=1S/C13H14N2O2/c16-12(9-5-6-9)7-15-8-13(17)14-10-3-1-2-4-11(10)15/h1-4,9H,5-8H2,(H,14,17). The van der Waals surface area contributed by atoms with Gasteiger partial charge in [0.05, 0.1) is 24.5 Å². The van der Waals surface area contributed by atoms with E-state index < -0.39 is 0 Å². The van der Waals surface area contributed by atoms with Gasteiger partial charge in [-0.3, -0.25) is 9.59 Å². The Kier molecular flexibility index (Phi) is 2.35. The van der Waals surface area contributed by atoms with Crippen molar-refractivity contribution in [2.24, 2.45) is 5.92 Å². The Bertz CT molecular complexity index is 480. The van der Waals surface area contributed by atoms with Gasteiger partial charge in [0.2, 0.25) is 5.91 Å². The smallest absolute Gasteiger partial charge is 0.243 e. The third-order valence-corrected chi connectivity index (χ3v) is 3.23. The van der Waals surface area contributed by atoms with E-state index in [0.29, 0.717) is 6.54 Å². The molecule has 17 heavy (non-hydrogen) atoms. The zero-order valence-corrected chi connectivity index (χ0v) is 9.48. The third kappa shape index (κ3) is 2.02. The lowest BCUT2D eigenvalue weighted by Gasteiger charge is -2.30. The second kappa shape index (κ2) is 3.87. The van der Waals surface area contributed by atoms with Crippen molar-refractivity contribution in [2.45, 2.75) is 12.8 Å². The van der Waals surface area contributed by atoms with E-state index in [9.17, 15) is 9.59 Å². The first-order valence-electron chi connectivity index (χ1n) is 5.90. The Morgan fingerprint density at radius 1 is 1.35 bits per heavy atom. The van der Waals surface area contributed by atoms with Crippen LogP contribution in [0.3, 0.4) is 0 Å². The lowest BCUT2D eigenvalue weighted by molar-refractivity contribution is -0.119. The van der Waals surface area contributed by atoms with Gasteiger partial charge in [-0.2, -0.15) is 0 Å². The summed E-state index contributed by atoms with van der Waals surface area (Å²) in [4.78, 5) is 25.2. The number of Topliss-reactive ketones (excluding diaryl/α,β-unsaturated/α-hetero) is 1. The Morgan fingerprint density at radius 3 is 2.88 bits per heavy atom. The summed E-state index contributed by atoms with van der Waals surface area (Å²) in [7, 11) is 0. The molecule has 0 spiro atoms. The summed E-state index contributed by atoms with van der Waals surface area (Å²) in [5.74, 6) is 0.453. The number of rotatable bonds is 3. The van der Waals surface area contributed by atoms with Gasteiger partial charge < -0.3 is 10.2 Å². The van der Waals surface area contributed by atoms with Crippen molar-refractivity contribution in [1.82, 2.24) is 0 Å². The van der Waals surface area contributed by atoms with Gasteiger partial charge in [-0.25, -0.2) is 0 Å². The predicted molar refractivity (Wildman–Crippen MR) is 65.0 cm³/mol. The maximum Gasteiger partial charge on any atom is 0.243 e. The van der Waals surface area contributed by atoms with Crippen LogP contribution in [0.2, 0.25) is 0 Å². The summed E-state index contributed by atoms with van der Waals surface area (Å²) in [6.07, 6.45) is 2.03. The summed E-state index contributed by atoms with van der Waals surface area (Å²) < 4.78 is 0. The minimum absolute atomic E-state index is 0.0488. The fourth-order valence-electron chi connectivity index (χ4n) is 2.17. The molecule has 1 aromatic rings. The van der Waals surface area contributed by atoms with Crippen LogP contribution in [-0.2, 0) is 9.59 Å². The lowest BCUT2D eigenvalue weighted by atomic mass is 10.1. The Hall–Kier alpha value is -1.84. The fraction of sp³-hybridized carbons (Fsp3) is 0.385. The normalized spacial score (nSPS) is 18.6. The molecule has 0 radical (unpaired) electrons. The van der Waals surface area contributed by atoms with Gasteiger partial charge >= 0.3 is 0 Å². The number of carbonyl (C=O) groups excluding carboxylic acids is 2. The van der Waals surface area contributed by atoms with Crippen LogP contribution in [0, 0.1) is 5.92 Å². The number of nitrogens with one attached hydrogen (secondary N) is 1. The number of hydrogen-bond acceptors (Lipinski definition) is 3. The van der Waals surface area contributed by atoms with Crippen molar-refractivity contribution in [1.29, 1.82) is 0 Å². The van der Waals surface area contributed by atoms with Gasteiger partial charge in [0.1, 0.15) is 0 Å². The molecule has 1 aliphatic heterocycles. The van der Waals surface area contributed by atoms with E-state index in [-0.39, 0.29) is 24.2 Å². The largest absolute Gasteiger partial charge is 0.353 e. The molecule has 4 nitrogen and oxygen atoms in total. The van der Waals surface area contributed by atoms with E-state index in [1.54, 1.807) is 0 Å². The molecule has 0 unspecified atom stereocenters. The van der Waals surface area contributed by atoms with Crippen LogP contribution in [0.4, 0.5) is 11.4 Å². The number of hydrogen-bond donors (Lipinski definition) is 1. The zero-order chi connectivity index (χ0) is 11.8. The van der Waals surface area contributed by atoms with E-state index in [1.807, 2.05) is 29.2 Å². The second-order valence-corrected chi connectivity index (χ2v) is 4.66. The number of amides is 1. The van der Waals surface area contributed by atoms with Gasteiger partial charge in [0.15, 0.2) is 5.78 Å². The maximum atomic E-state index is 11.8. The van der Waals surface area contributed by atoms with Crippen molar-refractivity contribution in [3.63, 3.8) is 0 Å². The number of fused-ring (bicyclic) bond motifs is 1.